The van der Waals surface area contributed by atoms with Gasteiger partial charge in [-0.1, -0.05) is 6.08 Å². The lowest BCUT2D eigenvalue weighted by atomic mass is 10.4. The predicted molar refractivity (Wildman–Crippen MR) is 59.4 cm³/mol. The van der Waals surface area contributed by atoms with Crippen LogP contribution in [0.5, 0.6) is 0 Å². The fourth-order valence-corrected chi connectivity index (χ4v) is 1.19. The SMILES string of the molecule is C=CC.Cc1nc(/C=C/C(=O)O)cs1. The van der Waals surface area contributed by atoms with Crippen molar-refractivity contribution in [3.05, 3.63) is 34.8 Å². The number of carboxylic acid groups (broad SMARTS) is 1. The third-order valence-electron chi connectivity index (χ3n) is 1.03. The van der Waals surface area contributed by atoms with Crippen LogP contribution < -0.4 is 0 Å². The molecule has 76 valence electrons. The number of nitrogens with zero attached hydrogens (tertiary/aromatic N) is 1. The summed E-state index contributed by atoms with van der Waals surface area (Å²) in [5, 5.41) is 11.0. The first-order chi connectivity index (χ1) is 6.60. The smallest absolute Gasteiger partial charge is 0.328 e. The topological polar surface area (TPSA) is 50.2 Å². The molecule has 0 atom stereocenters. The monoisotopic (exact) mass is 211 g/mol. The summed E-state index contributed by atoms with van der Waals surface area (Å²) in [6, 6.07) is 0. The Morgan fingerprint density at radius 3 is 2.64 bits per heavy atom. The van der Waals surface area contributed by atoms with Gasteiger partial charge < -0.3 is 5.11 Å². The van der Waals surface area contributed by atoms with Gasteiger partial charge in [-0.25, -0.2) is 9.78 Å². The Bertz CT molecular complexity index is 329. The number of thiazole rings is 1. The van der Waals surface area contributed by atoms with E-state index in [1.165, 1.54) is 17.4 Å². The van der Waals surface area contributed by atoms with Crippen LogP contribution in [0.15, 0.2) is 24.1 Å². The Labute approximate surface area is 87.4 Å². The van der Waals surface area contributed by atoms with Crippen LogP contribution in [0.25, 0.3) is 6.08 Å². The van der Waals surface area contributed by atoms with E-state index >= 15 is 0 Å². The van der Waals surface area contributed by atoms with Crippen molar-refractivity contribution in [1.29, 1.82) is 0 Å². The van der Waals surface area contributed by atoms with E-state index in [4.69, 9.17) is 5.11 Å². The van der Waals surface area contributed by atoms with E-state index in [1.54, 1.807) is 6.08 Å². The summed E-state index contributed by atoms with van der Waals surface area (Å²) in [4.78, 5) is 14.1. The number of hydrogen-bond donors (Lipinski definition) is 1. The standard InChI is InChI=1S/C7H7NO2S.C3H6/c1-5-8-6(4-11-5)2-3-7(9)10;1-3-2/h2-4H,1H3,(H,9,10);3H,1H2,2H3/b3-2+;. The molecule has 0 aliphatic rings. The molecule has 0 unspecified atom stereocenters. The number of carbonyl (C=O) groups is 1. The summed E-state index contributed by atoms with van der Waals surface area (Å²) in [6.45, 7) is 7.13. The van der Waals surface area contributed by atoms with Gasteiger partial charge in [0.1, 0.15) is 0 Å². The van der Waals surface area contributed by atoms with E-state index in [9.17, 15) is 4.79 Å². The van der Waals surface area contributed by atoms with Crippen molar-refractivity contribution in [3.63, 3.8) is 0 Å². The third-order valence-corrected chi connectivity index (χ3v) is 1.83. The number of aryl methyl sites for hydroxylation is 1. The van der Waals surface area contributed by atoms with Gasteiger partial charge in [0.05, 0.1) is 10.7 Å². The van der Waals surface area contributed by atoms with Crippen LogP contribution in [-0.2, 0) is 4.79 Å². The second kappa shape index (κ2) is 7.03. The van der Waals surface area contributed by atoms with Gasteiger partial charge in [-0.15, -0.1) is 17.9 Å². The van der Waals surface area contributed by atoms with E-state index in [1.807, 2.05) is 19.2 Å². The maximum Gasteiger partial charge on any atom is 0.328 e. The molecule has 1 rings (SSSR count). The summed E-state index contributed by atoms with van der Waals surface area (Å²) in [5.41, 5.74) is 0.704. The van der Waals surface area contributed by atoms with E-state index < -0.39 is 5.97 Å². The molecule has 1 aromatic rings. The molecule has 0 aliphatic heterocycles. The molecule has 0 spiro atoms. The highest BCUT2D eigenvalue weighted by molar-refractivity contribution is 7.09. The minimum absolute atomic E-state index is 0.704. The minimum atomic E-state index is -0.948. The lowest BCUT2D eigenvalue weighted by Crippen LogP contribution is -1.85. The van der Waals surface area contributed by atoms with Gasteiger partial charge >= 0.3 is 5.97 Å². The zero-order valence-corrected chi connectivity index (χ0v) is 9.04. The predicted octanol–water partition coefficient (Wildman–Crippen LogP) is 2.74. The molecule has 0 saturated carbocycles. The molecular formula is C10H13NO2S. The Kier molecular flexibility index (Phi) is 6.32. The molecule has 3 nitrogen and oxygen atoms in total. The molecule has 1 N–H and O–H groups in total. The van der Waals surface area contributed by atoms with Gasteiger partial charge in [0, 0.05) is 11.5 Å². The number of rotatable bonds is 2. The Morgan fingerprint density at radius 2 is 2.29 bits per heavy atom. The van der Waals surface area contributed by atoms with Crippen molar-refractivity contribution < 1.29 is 9.90 Å². The minimum Gasteiger partial charge on any atom is -0.478 e. The van der Waals surface area contributed by atoms with Crippen LogP contribution >= 0.6 is 11.3 Å². The maximum absolute atomic E-state index is 10.1. The second-order valence-electron chi connectivity index (χ2n) is 2.37. The number of allylic oxidation sites excluding steroid dienone is 1. The fraction of sp³-hybridized carbons (Fsp3) is 0.200. The zero-order chi connectivity index (χ0) is 11.0. The summed E-state index contributed by atoms with van der Waals surface area (Å²) in [5.74, 6) is -0.948. The first kappa shape index (κ1) is 12.6. The van der Waals surface area contributed by atoms with E-state index in [0.717, 1.165) is 11.1 Å². The molecule has 0 saturated heterocycles. The average Bonchev–Trinajstić information content (AvgIpc) is 2.49. The molecule has 14 heavy (non-hydrogen) atoms. The van der Waals surface area contributed by atoms with E-state index in [0.29, 0.717) is 5.69 Å². The fourth-order valence-electron chi connectivity index (χ4n) is 0.613. The lowest BCUT2D eigenvalue weighted by molar-refractivity contribution is -0.131. The van der Waals surface area contributed by atoms with Crippen LogP contribution in [-0.4, -0.2) is 16.1 Å². The summed E-state index contributed by atoms with van der Waals surface area (Å²) in [7, 11) is 0. The summed E-state index contributed by atoms with van der Waals surface area (Å²) >= 11 is 1.50. The Hall–Kier alpha value is -1.42. The molecule has 1 aromatic heterocycles. The van der Waals surface area contributed by atoms with Gasteiger partial charge in [0.2, 0.25) is 0 Å². The van der Waals surface area contributed by atoms with Crippen LogP contribution in [0, 0.1) is 6.92 Å². The molecule has 0 amide bonds. The molecule has 1 heterocycles. The van der Waals surface area contributed by atoms with Crippen LogP contribution in [0.3, 0.4) is 0 Å². The number of hydrogen-bond acceptors (Lipinski definition) is 3. The molecule has 0 fully saturated rings. The van der Waals surface area contributed by atoms with Crippen LogP contribution in [0.2, 0.25) is 0 Å². The summed E-state index contributed by atoms with van der Waals surface area (Å²) < 4.78 is 0. The van der Waals surface area contributed by atoms with Gasteiger partial charge in [0.25, 0.3) is 0 Å². The average molecular weight is 211 g/mol. The molecule has 0 bridgehead atoms. The third kappa shape index (κ3) is 6.14. The highest BCUT2D eigenvalue weighted by Gasteiger charge is 1.93. The van der Waals surface area contributed by atoms with Gasteiger partial charge in [0.15, 0.2) is 0 Å². The Morgan fingerprint density at radius 1 is 1.71 bits per heavy atom. The maximum atomic E-state index is 10.1. The number of aromatic nitrogens is 1. The highest BCUT2D eigenvalue weighted by atomic mass is 32.1. The quantitative estimate of drug-likeness (QED) is 0.604. The molecule has 0 aromatic carbocycles. The van der Waals surface area contributed by atoms with E-state index in [2.05, 4.69) is 11.6 Å². The van der Waals surface area contributed by atoms with Crippen molar-refractivity contribution in [1.82, 2.24) is 4.98 Å². The normalized spacial score (nSPS) is 9.29. The highest BCUT2D eigenvalue weighted by Crippen LogP contribution is 2.08. The van der Waals surface area contributed by atoms with Crippen molar-refractivity contribution in [2.45, 2.75) is 13.8 Å². The lowest BCUT2D eigenvalue weighted by Gasteiger charge is -1.79. The first-order valence-corrected chi connectivity index (χ1v) is 4.88. The number of carboxylic acids is 1. The largest absolute Gasteiger partial charge is 0.478 e. The van der Waals surface area contributed by atoms with Crippen LogP contribution in [0.4, 0.5) is 0 Å². The van der Waals surface area contributed by atoms with Crippen LogP contribution in [0.1, 0.15) is 17.6 Å². The molecule has 0 radical (unpaired) electrons. The molecule has 0 aliphatic carbocycles. The van der Waals surface area contributed by atoms with Crippen molar-refractivity contribution in [2.24, 2.45) is 0 Å². The van der Waals surface area contributed by atoms with Gasteiger partial charge in [-0.3, -0.25) is 0 Å². The molecular weight excluding hydrogens is 198 g/mol. The zero-order valence-electron chi connectivity index (χ0n) is 8.23. The van der Waals surface area contributed by atoms with Gasteiger partial charge in [-0.2, -0.15) is 0 Å². The molecule has 4 heteroatoms. The Balaban J connectivity index is 0.000000500. The second-order valence-corrected chi connectivity index (χ2v) is 3.43. The van der Waals surface area contributed by atoms with Crippen molar-refractivity contribution >= 4 is 23.4 Å². The van der Waals surface area contributed by atoms with E-state index in [-0.39, 0.29) is 0 Å². The number of aliphatic carboxylic acids is 1. The van der Waals surface area contributed by atoms with Gasteiger partial charge in [-0.05, 0) is 19.9 Å². The first-order valence-electron chi connectivity index (χ1n) is 4.00. The van der Waals surface area contributed by atoms with Crippen molar-refractivity contribution in [3.8, 4) is 0 Å². The van der Waals surface area contributed by atoms with Crippen molar-refractivity contribution in [2.75, 3.05) is 0 Å². The summed E-state index contributed by atoms with van der Waals surface area (Å²) in [6.07, 6.45) is 4.31.